The molecule has 3 aromatic rings. The zero-order chi connectivity index (χ0) is 20.7. The Morgan fingerprint density at radius 1 is 1.23 bits per heavy atom. The number of nitrogens with two attached hydrogens (primary N) is 1. The second kappa shape index (κ2) is 8.13. The number of anilines is 1. The van der Waals surface area contributed by atoms with Gasteiger partial charge in [0, 0.05) is 30.4 Å². The molecule has 0 atom stereocenters. The van der Waals surface area contributed by atoms with Gasteiger partial charge in [-0.05, 0) is 84.3 Å². The first-order valence-corrected chi connectivity index (χ1v) is 11.5. The van der Waals surface area contributed by atoms with Gasteiger partial charge in [0.1, 0.15) is 0 Å². The third kappa shape index (κ3) is 3.66. The van der Waals surface area contributed by atoms with Crippen molar-refractivity contribution < 1.29 is 0 Å². The van der Waals surface area contributed by atoms with Gasteiger partial charge < -0.3 is 5.73 Å². The van der Waals surface area contributed by atoms with Crippen LogP contribution in [0.5, 0.6) is 0 Å². The van der Waals surface area contributed by atoms with Gasteiger partial charge in [-0.25, -0.2) is 14.9 Å². The number of nitrogens with one attached hydrogen (secondary N) is 1. The average molecular weight is 467 g/mol. The minimum atomic E-state index is 0.481. The summed E-state index contributed by atoms with van der Waals surface area (Å²) in [5.41, 5.74) is 16.1. The van der Waals surface area contributed by atoms with Crippen LogP contribution < -0.4 is 16.2 Å². The molecule has 2 aliphatic rings. The molecule has 1 saturated carbocycles. The minimum absolute atomic E-state index is 0.481. The summed E-state index contributed by atoms with van der Waals surface area (Å²) in [6.07, 6.45) is 10.8. The number of fused-ring (bicyclic) bond motifs is 1. The number of aryl methyl sites for hydroxylation is 1. The number of hydrazine groups is 1. The molecule has 30 heavy (non-hydrogen) atoms. The highest BCUT2D eigenvalue weighted by molar-refractivity contribution is 9.10. The van der Waals surface area contributed by atoms with Gasteiger partial charge in [-0.15, -0.1) is 0 Å². The van der Waals surface area contributed by atoms with Gasteiger partial charge in [-0.2, -0.15) is 5.10 Å². The number of halogens is 1. The molecule has 1 aliphatic heterocycles. The van der Waals surface area contributed by atoms with Gasteiger partial charge in [0.15, 0.2) is 5.65 Å². The van der Waals surface area contributed by atoms with Gasteiger partial charge in [0.05, 0.1) is 22.1 Å². The third-order valence-corrected chi connectivity index (χ3v) is 7.00. The fourth-order valence-electron chi connectivity index (χ4n) is 4.61. The molecule has 5 rings (SSSR count). The fraction of sp³-hybridized carbons (Fsp3) is 0.391. The maximum Gasteiger partial charge on any atom is 0.162 e. The zero-order valence-corrected chi connectivity index (χ0v) is 18.8. The largest absolute Gasteiger partial charge is 0.330 e. The van der Waals surface area contributed by atoms with E-state index in [9.17, 15) is 0 Å². The predicted molar refractivity (Wildman–Crippen MR) is 124 cm³/mol. The van der Waals surface area contributed by atoms with Crippen molar-refractivity contribution in [2.45, 2.75) is 38.5 Å². The number of benzene rings is 1. The second-order valence-electron chi connectivity index (χ2n) is 8.45. The second-order valence-corrected chi connectivity index (χ2v) is 9.31. The molecule has 7 heteroatoms. The summed E-state index contributed by atoms with van der Waals surface area (Å²) < 4.78 is 2.92. The van der Waals surface area contributed by atoms with Crippen molar-refractivity contribution in [3.05, 3.63) is 64.2 Å². The average Bonchev–Trinajstić information content (AvgIpc) is 3.40. The van der Waals surface area contributed by atoms with Crippen LogP contribution in [-0.2, 0) is 0 Å². The maximum atomic E-state index is 5.88. The molecule has 0 radical (unpaired) electrons. The molecule has 0 spiro atoms. The summed E-state index contributed by atoms with van der Waals surface area (Å²) in [5.74, 6) is 1.14. The molecule has 3 N–H and O–H groups in total. The summed E-state index contributed by atoms with van der Waals surface area (Å²) in [4.78, 5) is 5.10. The van der Waals surface area contributed by atoms with Gasteiger partial charge in [0.2, 0.25) is 0 Å². The van der Waals surface area contributed by atoms with Crippen LogP contribution in [0.2, 0.25) is 0 Å². The Balaban J connectivity index is 1.46. The number of nitrogens with zero attached hydrogens (tertiary/aromatic N) is 4. The van der Waals surface area contributed by atoms with E-state index in [4.69, 9.17) is 10.7 Å². The number of aromatic nitrogens is 3. The zero-order valence-electron chi connectivity index (χ0n) is 17.2. The predicted octanol–water partition coefficient (Wildman–Crippen LogP) is 4.40. The molecule has 1 aliphatic carbocycles. The van der Waals surface area contributed by atoms with E-state index >= 15 is 0 Å². The Morgan fingerprint density at radius 2 is 2.07 bits per heavy atom. The van der Waals surface area contributed by atoms with E-state index in [1.807, 2.05) is 10.7 Å². The molecule has 1 fully saturated rings. The molecule has 0 saturated heterocycles. The first kappa shape index (κ1) is 19.7. The normalized spacial score (nSPS) is 22.0. The van der Waals surface area contributed by atoms with Crippen LogP contribution >= 0.6 is 15.9 Å². The SMILES string of the molecule is Cc1cccc(N2C=C(c3cnn4cc(Br)c(C5CCC(CN)CC5)nc34)CN2)c1. The van der Waals surface area contributed by atoms with Crippen LogP contribution in [0.25, 0.3) is 11.2 Å². The Labute approximate surface area is 185 Å². The summed E-state index contributed by atoms with van der Waals surface area (Å²) in [6, 6.07) is 8.48. The number of hydrogen-bond acceptors (Lipinski definition) is 5. The van der Waals surface area contributed by atoms with Gasteiger partial charge >= 0.3 is 0 Å². The Bertz CT molecular complexity index is 1100. The highest BCUT2D eigenvalue weighted by Crippen LogP contribution is 2.38. The van der Waals surface area contributed by atoms with Crippen LogP contribution in [0.3, 0.4) is 0 Å². The van der Waals surface area contributed by atoms with Gasteiger partial charge in [-0.3, -0.25) is 5.01 Å². The highest BCUT2D eigenvalue weighted by Gasteiger charge is 2.26. The van der Waals surface area contributed by atoms with E-state index in [0.29, 0.717) is 11.8 Å². The molecule has 0 bridgehead atoms. The molecule has 1 aromatic carbocycles. The van der Waals surface area contributed by atoms with E-state index in [0.717, 1.165) is 53.0 Å². The lowest BCUT2D eigenvalue weighted by atomic mass is 9.80. The molecule has 156 valence electrons. The standard InChI is InChI=1S/C23H27BrN6/c1-15-3-2-4-19(9-15)29-13-18(11-26-29)20-12-27-30-14-21(24)22(28-23(20)30)17-7-5-16(10-25)6-8-17/h2-4,9,12-14,16-17,26H,5-8,10-11,25H2,1H3. The Hall–Kier alpha value is -2.22. The van der Waals surface area contributed by atoms with Crippen molar-refractivity contribution in [1.29, 1.82) is 0 Å². The lowest BCUT2D eigenvalue weighted by Crippen LogP contribution is -2.28. The molecule has 6 nitrogen and oxygen atoms in total. The smallest absolute Gasteiger partial charge is 0.162 e. The molecule has 2 aromatic heterocycles. The summed E-state index contributed by atoms with van der Waals surface area (Å²) in [5, 5.41) is 6.65. The molecular formula is C23H27BrN6. The van der Waals surface area contributed by atoms with Crippen LogP contribution in [0.4, 0.5) is 5.69 Å². The van der Waals surface area contributed by atoms with Crippen molar-refractivity contribution in [1.82, 2.24) is 20.0 Å². The van der Waals surface area contributed by atoms with E-state index in [1.165, 1.54) is 24.0 Å². The van der Waals surface area contributed by atoms with Crippen molar-refractivity contribution in [2.24, 2.45) is 11.7 Å². The van der Waals surface area contributed by atoms with Crippen molar-refractivity contribution in [3.8, 4) is 0 Å². The molecule has 3 heterocycles. The van der Waals surface area contributed by atoms with Crippen LogP contribution in [0.15, 0.2) is 47.3 Å². The monoisotopic (exact) mass is 466 g/mol. The lowest BCUT2D eigenvalue weighted by Gasteiger charge is -2.27. The lowest BCUT2D eigenvalue weighted by molar-refractivity contribution is 0.329. The molecule has 0 unspecified atom stereocenters. The fourth-order valence-corrected chi connectivity index (χ4v) is 5.22. The molecular weight excluding hydrogens is 440 g/mol. The maximum absolute atomic E-state index is 5.88. The van der Waals surface area contributed by atoms with Gasteiger partial charge in [-0.1, -0.05) is 12.1 Å². The van der Waals surface area contributed by atoms with E-state index in [1.54, 1.807) is 0 Å². The number of hydrogen-bond donors (Lipinski definition) is 2. The van der Waals surface area contributed by atoms with Crippen molar-refractivity contribution in [2.75, 3.05) is 18.1 Å². The van der Waals surface area contributed by atoms with Crippen LogP contribution in [0, 0.1) is 12.8 Å². The van der Waals surface area contributed by atoms with Crippen LogP contribution in [0.1, 0.15) is 48.4 Å². The number of rotatable bonds is 4. The molecule has 0 amide bonds. The summed E-state index contributed by atoms with van der Waals surface area (Å²) in [6.45, 7) is 3.66. The summed E-state index contributed by atoms with van der Waals surface area (Å²) in [7, 11) is 0. The Kier molecular flexibility index (Phi) is 5.35. The van der Waals surface area contributed by atoms with E-state index in [2.05, 4.69) is 75.0 Å². The first-order chi connectivity index (χ1) is 14.6. The highest BCUT2D eigenvalue weighted by atomic mass is 79.9. The first-order valence-electron chi connectivity index (χ1n) is 10.7. The quantitative estimate of drug-likeness (QED) is 0.595. The van der Waals surface area contributed by atoms with Gasteiger partial charge in [0.25, 0.3) is 0 Å². The van der Waals surface area contributed by atoms with E-state index in [-0.39, 0.29) is 0 Å². The minimum Gasteiger partial charge on any atom is -0.330 e. The van der Waals surface area contributed by atoms with Crippen molar-refractivity contribution >= 4 is 32.8 Å². The summed E-state index contributed by atoms with van der Waals surface area (Å²) >= 11 is 3.74. The Morgan fingerprint density at radius 3 is 2.83 bits per heavy atom. The third-order valence-electron chi connectivity index (χ3n) is 6.39. The van der Waals surface area contributed by atoms with Crippen molar-refractivity contribution in [3.63, 3.8) is 0 Å². The van der Waals surface area contributed by atoms with Crippen LogP contribution in [-0.4, -0.2) is 27.7 Å². The van der Waals surface area contributed by atoms with E-state index < -0.39 is 0 Å². The topological polar surface area (TPSA) is 71.5 Å².